The van der Waals surface area contributed by atoms with E-state index in [4.69, 9.17) is 22.1 Å². The number of anilines is 1. The van der Waals surface area contributed by atoms with Crippen LogP contribution in [0.15, 0.2) is 36.4 Å². The molecule has 2 aromatic carbocycles. The summed E-state index contributed by atoms with van der Waals surface area (Å²) in [5.74, 6) is 1.34. The van der Waals surface area contributed by atoms with Crippen LogP contribution in [-0.2, 0) is 11.2 Å². The molecule has 1 fully saturated rings. The molecule has 1 aliphatic rings. The standard InChI is InChI=1S/C27H38ClN3O2/c1-18(2)14-24(29)23-15-19(3)6-9-25(23)30-10-12-31(13-11-30)27(32)20(4)16-21-7-8-22(28)17-26(21)33-5/h6-9,15,17-18,20,24H,10-14,16,29H2,1-5H3/t20-,24+/m1/s1. The monoisotopic (exact) mass is 471 g/mol. The van der Waals surface area contributed by atoms with E-state index < -0.39 is 0 Å². The maximum Gasteiger partial charge on any atom is 0.225 e. The van der Waals surface area contributed by atoms with E-state index in [0.29, 0.717) is 30.5 Å². The number of piperazine rings is 1. The van der Waals surface area contributed by atoms with Crippen molar-refractivity contribution in [1.29, 1.82) is 0 Å². The van der Waals surface area contributed by atoms with Crippen molar-refractivity contribution >= 4 is 23.2 Å². The van der Waals surface area contributed by atoms with E-state index in [-0.39, 0.29) is 17.9 Å². The minimum absolute atomic E-state index is 0.0222. The summed E-state index contributed by atoms with van der Waals surface area (Å²) in [5, 5.41) is 0.634. The van der Waals surface area contributed by atoms with Crippen molar-refractivity contribution < 1.29 is 9.53 Å². The van der Waals surface area contributed by atoms with E-state index >= 15 is 0 Å². The van der Waals surface area contributed by atoms with Crippen molar-refractivity contribution in [3.63, 3.8) is 0 Å². The fourth-order valence-electron chi connectivity index (χ4n) is 4.68. The molecule has 0 aliphatic carbocycles. The summed E-state index contributed by atoms with van der Waals surface area (Å²) in [5.41, 5.74) is 11.2. The summed E-state index contributed by atoms with van der Waals surface area (Å²) in [7, 11) is 1.63. The normalized spacial score (nSPS) is 16.1. The first kappa shape index (κ1) is 25.4. The van der Waals surface area contributed by atoms with Gasteiger partial charge in [-0.2, -0.15) is 0 Å². The number of hydrogen-bond donors (Lipinski definition) is 1. The molecule has 0 aromatic heterocycles. The number of rotatable bonds is 8. The fourth-order valence-corrected chi connectivity index (χ4v) is 4.84. The zero-order valence-electron chi connectivity index (χ0n) is 20.6. The molecule has 3 rings (SSSR count). The Bertz CT molecular complexity index is 954. The molecule has 1 saturated heterocycles. The first-order chi connectivity index (χ1) is 15.7. The van der Waals surface area contributed by atoms with Gasteiger partial charge in [-0.25, -0.2) is 0 Å². The van der Waals surface area contributed by atoms with Crippen molar-refractivity contribution in [2.24, 2.45) is 17.6 Å². The first-order valence-electron chi connectivity index (χ1n) is 11.9. The number of benzene rings is 2. The van der Waals surface area contributed by atoms with Gasteiger partial charge < -0.3 is 20.3 Å². The average Bonchev–Trinajstić information content (AvgIpc) is 2.79. The van der Waals surface area contributed by atoms with Crippen LogP contribution in [0.5, 0.6) is 5.75 Å². The van der Waals surface area contributed by atoms with Gasteiger partial charge in [-0.3, -0.25) is 4.79 Å². The van der Waals surface area contributed by atoms with Crippen LogP contribution in [0.1, 0.15) is 49.9 Å². The maximum atomic E-state index is 13.2. The lowest BCUT2D eigenvalue weighted by molar-refractivity contribution is -0.135. The number of nitrogens with two attached hydrogens (primary N) is 1. The number of halogens is 1. The van der Waals surface area contributed by atoms with Gasteiger partial charge in [0, 0.05) is 48.8 Å². The second kappa shape index (κ2) is 11.3. The van der Waals surface area contributed by atoms with Crippen LogP contribution in [-0.4, -0.2) is 44.1 Å². The molecule has 0 spiro atoms. The van der Waals surface area contributed by atoms with Gasteiger partial charge in [0.25, 0.3) is 0 Å². The summed E-state index contributed by atoms with van der Waals surface area (Å²) in [6, 6.07) is 12.2. The predicted molar refractivity (Wildman–Crippen MR) is 137 cm³/mol. The van der Waals surface area contributed by atoms with E-state index in [1.54, 1.807) is 13.2 Å². The average molecular weight is 472 g/mol. The van der Waals surface area contributed by atoms with Gasteiger partial charge in [-0.15, -0.1) is 0 Å². The molecule has 1 heterocycles. The van der Waals surface area contributed by atoms with E-state index in [1.165, 1.54) is 16.8 Å². The zero-order valence-corrected chi connectivity index (χ0v) is 21.4. The number of methoxy groups -OCH3 is 1. The quantitative estimate of drug-likeness (QED) is 0.572. The molecule has 0 bridgehead atoms. The molecule has 2 atom stereocenters. The lowest BCUT2D eigenvalue weighted by Gasteiger charge is -2.38. The Labute approximate surface area is 203 Å². The Morgan fingerprint density at radius 3 is 2.42 bits per heavy atom. The molecule has 1 aliphatic heterocycles. The van der Waals surface area contributed by atoms with Crippen LogP contribution in [0.25, 0.3) is 0 Å². The highest BCUT2D eigenvalue weighted by atomic mass is 35.5. The zero-order chi connectivity index (χ0) is 24.1. The first-order valence-corrected chi connectivity index (χ1v) is 12.3. The van der Waals surface area contributed by atoms with Gasteiger partial charge in [0.1, 0.15) is 5.75 Å². The lowest BCUT2D eigenvalue weighted by Crippen LogP contribution is -2.50. The van der Waals surface area contributed by atoms with Crippen LogP contribution in [0.2, 0.25) is 5.02 Å². The number of amides is 1. The van der Waals surface area contributed by atoms with Crippen LogP contribution < -0.4 is 15.4 Å². The lowest BCUT2D eigenvalue weighted by atomic mass is 9.94. The van der Waals surface area contributed by atoms with Gasteiger partial charge in [-0.05, 0) is 55.0 Å². The van der Waals surface area contributed by atoms with Gasteiger partial charge >= 0.3 is 0 Å². The third-order valence-electron chi connectivity index (χ3n) is 6.44. The predicted octanol–water partition coefficient (Wildman–Crippen LogP) is 5.23. The highest BCUT2D eigenvalue weighted by molar-refractivity contribution is 6.30. The third-order valence-corrected chi connectivity index (χ3v) is 6.67. The largest absolute Gasteiger partial charge is 0.496 e. The van der Waals surface area contributed by atoms with Crippen LogP contribution in [0.3, 0.4) is 0 Å². The van der Waals surface area contributed by atoms with Crippen molar-refractivity contribution in [3.05, 3.63) is 58.1 Å². The Morgan fingerprint density at radius 2 is 1.79 bits per heavy atom. The Hall–Kier alpha value is -2.24. The van der Waals surface area contributed by atoms with Crippen LogP contribution in [0, 0.1) is 18.8 Å². The third kappa shape index (κ3) is 6.42. The van der Waals surface area contributed by atoms with E-state index in [0.717, 1.165) is 30.8 Å². The molecule has 2 aromatic rings. The molecule has 6 heteroatoms. The van der Waals surface area contributed by atoms with Gasteiger partial charge in [0.05, 0.1) is 7.11 Å². The summed E-state index contributed by atoms with van der Waals surface area (Å²) >= 11 is 6.08. The Morgan fingerprint density at radius 1 is 1.09 bits per heavy atom. The van der Waals surface area contributed by atoms with E-state index in [1.807, 2.05) is 24.0 Å². The number of carbonyl (C=O) groups excluding carboxylic acids is 1. The van der Waals surface area contributed by atoms with Crippen molar-refractivity contribution in [3.8, 4) is 5.75 Å². The van der Waals surface area contributed by atoms with Crippen LogP contribution >= 0.6 is 11.6 Å². The smallest absolute Gasteiger partial charge is 0.225 e. The second-order valence-electron chi connectivity index (χ2n) is 9.67. The molecular weight excluding hydrogens is 434 g/mol. The SMILES string of the molecule is COc1cc(Cl)ccc1C[C@@H](C)C(=O)N1CCN(c2ccc(C)cc2[C@@H](N)CC(C)C)CC1. The maximum absolute atomic E-state index is 13.2. The molecule has 2 N–H and O–H groups in total. The van der Waals surface area contributed by atoms with E-state index in [2.05, 4.69) is 43.9 Å². The van der Waals surface area contributed by atoms with E-state index in [9.17, 15) is 4.79 Å². The summed E-state index contributed by atoms with van der Waals surface area (Å²) in [4.78, 5) is 17.5. The minimum atomic E-state index is -0.124. The molecule has 180 valence electrons. The fraction of sp³-hybridized carbons (Fsp3) is 0.519. The minimum Gasteiger partial charge on any atom is -0.496 e. The molecule has 0 unspecified atom stereocenters. The van der Waals surface area contributed by atoms with Gasteiger partial charge in [-0.1, -0.05) is 56.1 Å². The van der Waals surface area contributed by atoms with Gasteiger partial charge in [0.15, 0.2) is 0 Å². The Kier molecular flexibility index (Phi) is 8.66. The van der Waals surface area contributed by atoms with Crippen LogP contribution in [0.4, 0.5) is 5.69 Å². The molecule has 0 radical (unpaired) electrons. The summed E-state index contributed by atoms with van der Waals surface area (Å²) in [6.07, 6.45) is 1.59. The molecule has 0 saturated carbocycles. The number of hydrogen-bond acceptors (Lipinski definition) is 4. The molecule has 5 nitrogen and oxygen atoms in total. The molecule has 33 heavy (non-hydrogen) atoms. The van der Waals surface area contributed by atoms with Gasteiger partial charge in [0.2, 0.25) is 5.91 Å². The highest BCUT2D eigenvalue weighted by Crippen LogP contribution is 2.31. The topological polar surface area (TPSA) is 58.8 Å². The number of ether oxygens (including phenoxy) is 1. The molecule has 1 amide bonds. The summed E-state index contributed by atoms with van der Waals surface area (Å²) in [6.45, 7) is 11.6. The number of carbonyl (C=O) groups is 1. The van der Waals surface area contributed by atoms with Crippen molar-refractivity contribution in [2.75, 3.05) is 38.2 Å². The second-order valence-corrected chi connectivity index (χ2v) is 10.1. The number of aryl methyl sites for hydroxylation is 1. The van der Waals surface area contributed by atoms with Crippen molar-refractivity contribution in [2.45, 2.75) is 46.6 Å². The molecular formula is C27H38ClN3O2. The Balaban J connectivity index is 1.65. The van der Waals surface area contributed by atoms with Crippen molar-refractivity contribution in [1.82, 2.24) is 4.90 Å². The number of nitrogens with zero attached hydrogens (tertiary/aromatic N) is 2. The highest BCUT2D eigenvalue weighted by Gasteiger charge is 2.27. The summed E-state index contributed by atoms with van der Waals surface area (Å²) < 4.78 is 5.45.